The summed E-state index contributed by atoms with van der Waals surface area (Å²) in [6, 6.07) is 6.75. The van der Waals surface area contributed by atoms with E-state index in [9.17, 15) is 26.7 Å². The van der Waals surface area contributed by atoms with Gasteiger partial charge in [-0.1, -0.05) is 17.3 Å². The van der Waals surface area contributed by atoms with Crippen LogP contribution in [-0.2, 0) is 17.4 Å². The quantitative estimate of drug-likeness (QED) is 0.246. The molecule has 7 nitrogen and oxygen atoms in total. The molecule has 1 aliphatic heterocycles. The number of aromatic nitrogens is 3. The minimum absolute atomic E-state index is 0.0715. The Hall–Kier alpha value is -3.96. The first kappa shape index (κ1) is 27.1. The molecule has 38 heavy (non-hydrogen) atoms. The number of alkyl halides is 3. The lowest BCUT2D eigenvalue weighted by molar-refractivity contribution is -0.141. The fraction of sp³-hybridized carbons (Fsp3) is 0.346. The zero-order chi connectivity index (χ0) is 27.4. The molecule has 1 aliphatic rings. The molecule has 12 heteroatoms. The van der Waals surface area contributed by atoms with Crippen LogP contribution in [0.4, 0.5) is 22.0 Å². The molecule has 0 unspecified atom stereocenters. The first-order valence-electron chi connectivity index (χ1n) is 11.8. The van der Waals surface area contributed by atoms with Gasteiger partial charge in [0.05, 0.1) is 17.8 Å². The fourth-order valence-corrected chi connectivity index (χ4v) is 4.23. The molecule has 0 bridgehead atoms. The largest absolute Gasteiger partial charge is 0.433 e. The molecule has 0 atom stereocenters. The van der Waals surface area contributed by atoms with Gasteiger partial charge in [0.15, 0.2) is 0 Å². The van der Waals surface area contributed by atoms with Crippen LogP contribution < -0.4 is 4.84 Å². The van der Waals surface area contributed by atoms with Gasteiger partial charge in [-0.25, -0.2) is 23.7 Å². The minimum Gasteiger partial charge on any atom is -0.342 e. The van der Waals surface area contributed by atoms with E-state index in [-0.39, 0.29) is 29.7 Å². The van der Waals surface area contributed by atoms with Crippen LogP contribution in [0.5, 0.6) is 5.88 Å². The monoisotopic (exact) mass is 533 g/mol. The average Bonchev–Trinajstić information content (AvgIpc) is 2.89. The summed E-state index contributed by atoms with van der Waals surface area (Å²) in [5.41, 5.74) is 0.219. The van der Waals surface area contributed by atoms with E-state index in [1.54, 1.807) is 24.9 Å². The van der Waals surface area contributed by atoms with Crippen molar-refractivity contribution in [3.05, 3.63) is 82.6 Å². The summed E-state index contributed by atoms with van der Waals surface area (Å²) in [5.74, 6) is -1.75. The number of carbonyl (C=O) groups is 1. The number of amides is 1. The molecule has 200 valence electrons. The lowest BCUT2D eigenvalue weighted by Gasteiger charge is -2.32. The Bertz CT molecular complexity index is 1330. The fourth-order valence-electron chi connectivity index (χ4n) is 4.23. The van der Waals surface area contributed by atoms with Crippen LogP contribution in [0.15, 0.2) is 47.8 Å². The molecule has 3 aromatic rings. The molecule has 0 spiro atoms. The second kappa shape index (κ2) is 11.2. The first-order chi connectivity index (χ1) is 18.0. The van der Waals surface area contributed by atoms with Crippen molar-refractivity contribution in [1.29, 1.82) is 0 Å². The number of piperidine rings is 1. The maximum atomic E-state index is 14.0. The molecule has 1 aromatic carbocycles. The topological polar surface area (TPSA) is 80.6 Å². The van der Waals surface area contributed by atoms with Crippen LogP contribution in [0.25, 0.3) is 0 Å². The number of oxime groups is 1. The van der Waals surface area contributed by atoms with E-state index in [0.717, 1.165) is 18.2 Å². The van der Waals surface area contributed by atoms with Gasteiger partial charge < -0.3 is 9.74 Å². The van der Waals surface area contributed by atoms with Gasteiger partial charge >= 0.3 is 6.18 Å². The second-order valence-corrected chi connectivity index (χ2v) is 8.87. The van der Waals surface area contributed by atoms with Gasteiger partial charge in [0.1, 0.15) is 23.2 Å². The van der Waals surface area contributed by atoms with Crippen molar-refractivity contribution in [2.24, 2.45) is 5.16 Å². The van der Waals surface area contributed by atoms with Crippen LogP contribution in [0.2, 0.25) is 0 Å². The summed E-state index contributed by atoms with van der Waals surface area (Å²) in [4.78, 5) is 31.6. The van der Waals surface area contributed by atoms with E-state index >= 15 is 0 Å². The van der Waals surface area contributed by atoms with E-state index in [4.69, 9.17) is 4.84 Å². The number of likely N-dealkylation sites (tertiary alicyclic amines) is 1. The zero-order valence-corrected chi connectivity index (χ0v) is 20.6. The van der Waals surface area contributed by atoms with Crippen molar-refractivity contribution in [3.63, 3.8) is 0 Å². The average molecular weight is 534 g/mol. The van der Waals surface area contributed by atoms with E-state index in [1.807, 2.05) is 0 Å². The lowest BCUT2D eigenvalue weighted by atomic mass is 9.89. The minimum atomic E-state index is -4.62. The van der Waals surface area contributed by atoms with Crippen LogP contribution in [-0.4, -0.2) is 44.6 Å². The smallest absolute Gasteiger partial charge is 0.342 e. The van der Waals surface area contributed by atoms with E-state index in [2.05, 4.69) is 20.1 Å². The Morgan fingerprint density at radius 2 is 1.74 bits per heavy atom. The number of nitrogens with zero attached hydrogens (tertiary/aromatic N) is 5. The highest BCUT2D eigenvalue weighted by atomic mass is 19.4. The van der Waals surface area contributed by atoms with Crippen LogP contribution in [0.1, 0.15) is 54.0 Å². The summed E-state index contributed by atoms with van der Waals surface area (Å²) in [7, 11) is 0. The van der Waals surface area contributed by atoms with Crippen molar-refractivity contribution < 1.29 is 31.6 Å². The third-order valence-corrected chi connectivity index (χ3v) is 6.24. The number of hydrogen-bond donors (Lipinski definition) is 0. The van der Waals surface area contributed by atoms with Crippen molar-refractivity contribution in [2.75, 3.05) is 13.1 Å². The third kappa shape index (κ3) is 6.29. The molecule has 4 rings (SSSR count). The van der Waals surface area contributed by atoms with Gasteiger partial charge in [-0.15, -0.1) is 0 Å². The maximum Gasteiger partial charge on any atom is 0.433 e. The van der Waals surface area contributed by atoms with Gasteiger partial charge in [0.2, 0.25) is 11.8 Å². The predicted molar refractivity (Wildman–Crippen MR) is 127 cm³/mol. The van der Waals surface area contributed by atoms with E-state index < -0.39 is 23.5 Å². The first-order valence-corrected chi connectivity index (χ1v) is 11.8. The molecule has 0 saturated carbocycles. The van der Waals surface area contributed by atoms with Crippen molar-refractivity contribution in [3.8, 4) is 5.88 Å². The van der Waals surface area contributed by atoms with Gasteiger partial charge in [-0.3, -0.25) is 4.79 Å². The Balaban J connectivity index is 1.46. The standard InChI is InChI=1S/C26H24F5N5O2/c1-15(35-38-23-8-4-7-22(34-23)26(29,30)31)19-14-32-16(2)33-25(19)17-9-11-36(12-10-17)24(37)13-18-20(27)5-3-6-21(18)28/h3-8,14,17H,9-13H2,1-2H3. The number of pyridine rings is 1. The molecular formula is C26H24F5N5O2. The highest BCUT2D eigenvalue weighted by Crippen LogP contribution is 2.31. The molecule has 1 saturated heterocycles. The third-order valence-electron chi connectivity index (χ3n) is 6.24. The SMILES string of the molecule is CC(=NOc1cccc(C(F)(F)F)n1)c1cnc(C)nc1C1CCN(C(=O)Cc2c(F)cccc2F)CC1. The highest BCUT2D eigenvalue weighted by molar-refractivity contribution is 5.99. The summed E-state index contributed by atoms with van der Waals surface area (Å²) < 4.78 is 66.7. The summed E-state index contributed by atoms with van der Waals surface area (Å²) in [6.45, 7) is 4.07. The maximum absolute atomic E-state index is 14.0. The Morgan fingerprint density at radius 3 is 2.39 bits per heavy atom. The number of benzene rings is 1. The predicted octanol–water partition coefficient (Wildman–Crippen LogP) is 5.23. The number of hydrogen-bond acceptors (Lipinski definition) is 6. The number of carbonyl (C=O) groups excluding carboxylic acids is 1. The summed E-state index contributed by atoms with van der Waals surface area (Å²) >= 11 is 0. The van der Waals surface area contributed by atoms with E-state index in [1.165, 1.54) is 18.2 Å². The lowest BCUT2D eigenvalue weighted by Crippen LogP contribution is -2.39. The van der Waals surface area contributed by atoms with E-state index in [0.29, 0.717) is 48.7 Å². The highest BCUT2D eigenvalue weighted by Gasteiger charge is 2.33. The van der Waals surface area contributed by atoms with Gasteiger partial charge in [0.25, 0.3) is 0 Å². The zero-order valence-electron chi connectivity index (χ0n) is 20.6. The van der Waals surface area contributed by atoms with Crippen molar-refractivity contribution in [2.45, 2.75) is 45.2 Å². The molecule has 3 heterocycles. The molecule has 1 fully saturated rings. The molecule has 0 N–H and O–H groups in total. The van der Waals surface area contributed by atoms with Crippen molar-refractivity contribution in [1.82, 2.24) is 19.9 Å². The van der Waals surface area contributed by atoms with Crippen LogP contribution >= 0.6 is 0 Å². The molecule has 2 aromatic heterocycles. The molecule has 1 amide bonds. The van der Waals surface area contributed by atoms with Gasteiger partial charge in [0, 0.05) is 42.4 Å². The normalized spacial score (nSPS) is 15.0. The Kier molecular flexibility index (Phi) is 7.98. The van der Waals surface area contributed by atoms with Gasteiger partial charge in [-0.05, 0) is 44.9 Å². The Labute approximate surface area is 215 Å². The van der Waals surface area contributed by atoms with Crippen molar-refractivity contribution >= 4 is 11.6 Å². The van der Waals surface area contributed by atoms with Gasteiger partial charge in [-0.2, -0.15) is 13.2 Å². The van der Waals surface area contributed by atoms with Crippen LogP contribution in [0.3, 0.4) is 0 Å². The number of halogens is 5. The van der Waals surface area contributed by atoms with Crippen LogP contribution in [0, 0.1) is 18.6 Å². The molecule has 0 aliphatic carbocycles. The summed E-state index contributed by atoms with van der Waals surface area (Å²) in [5, 5.41) is 3.95. The molecular weight excluding hydrogens is 509 g/mol. The molecule has 0 radical (unpaired) electrons. The number of rotatable bonds is 6. The second-order valence-electron chi connectivity index (χ2n) is 8.87. The number of aryl methyl sites for hydroxylation is 1. The summed E-state index contributed by atoms with van der Waals surface area (Å²) in [6.07, 6.45) is -2.34. The Morgan fingerprint density at radius 1 is 1.08 bits per heavy atom.